The molecule has 6 heteroatoms. The van der Waals surface area contributed by atoms with Crippen LogP contribution in [0.15, 0.2) is 24.3 Å². The minimum absolute atomic E-state index is 0.0466. The lowest BCUT2D eigenvalue weighted by Gasteiger charge is -2.34. The Hall–Kier alpha value is -2.37. The van der Waals surface area contributed by atoms with E-state index in [1.807, 2.05) is 19.1 Å². The number of carbonyl (C=O) groups excluding carboxylic acids is 2. The summed E-state index contributed by atoms with van der Waals surface area (Å²) in [5.74, 6) is -1.38. The zero-order valence-electron chi connectivity index (χ0n) is 15.5. The number of piperidine rings is 1. The number of likely N-dealkylation sites (tertiary alicyclic amines) is 1. The number of nitrogens with zero attached hydrogens (tertiary/aromatic N) is 1. The average molecular weight is 360 g/mol. The highest BCUT2D eigenvalue weighted by Gasteiger charge is 2.31. The van der Waals surface area contributed by atoms with Gasteiger partial charge in [0, 0.05) is 18.7 Å². The standard InChI is InChI=1S/C20H28N2O4/c1-3-6-18(23)22-12-5-4-7-17(22)19(24)21-16-10-8-15(9-11-16)13-14(2)20(25)26/h8-11,14,17H,3-7,12-13H2,1-2H3,(H,21,24)(H,25,26). The summed E-state index contributed by atoms with van der Waals surface area (Å²) in [6.45, 7) is 4.27. The summed E-state index contributed by atoms with van der Waals surface area (Å²) in [5, 5.41) is 11.9. The number of carboxylic acid groups (broad SMARTS) is 1. The van der Waals surface area contributed by atoms with E-state index >= 15 is 0 Å². The number of nitrogens with one attached hydrogen (secondary N) is 1. The molecule has 0 spiro atoms. The van der Waals surface area contributed by atoms with Crippen molar-refractivity contribution in [2.24, 2.45) is 5.92 Å². The summed E-state index contributed by atoms with van der Waals surface area (Å²) in [5.41, 5.74) is 1.57. The Morgan fingerprint density at radius 1 is 1.23 bits per heavy atom. The Morgan fingerprint density at radius 2 is 1.92 bits per heavy atom. The Balaban J connectivity index is 1.99. The van der Waals surface area contributed by atoms with Crippen molar-refractivity contribution in [1.29, 1.82) is 0 Å². The number of amides is 2. The largest absolute Gasteiger partial charge is 0.481 e. The number of hydrogen-bond donors (Lipinski definition) is 2. The molecule has 0 aromatic heterocycles. The predicted molar refractivity (Wildman–Crippen MR) is 99.8 cm³/mol. The fraction of sp³-hybridized carbons (Fsp3) is 0.550. The van der Waals surface area contributed by atoms with Crippen molar-refractivity contribution in [1.82, 2.24) is 4.90 Å². The van der Waals surface area contributed by atoms with Crippen molar-refractivity contribution in [2.45, 2.75) is 58.4 Å². The van der Waals surface area contributed by atoms with E-state index in [-0.39, 0.29) is 11.8 Å². The van der Waals surface area contributed by atoms with Crippen molar-refractivity contribution in [3.05, 3.63) is 29.8 Å². The topological polar surface area (TPSA) is 86.7 Å². The van der Waals surface area contributed by atoms with Crippen molar-refractivity contribution in [2.75, 3.05) is 11.9 Å². The molecule has 1 aromatic carbocycles. The fourth-order valence-corrected chi connectivity index (χ4v) is 3.25. The van der Waals surface area contributed by atoms with Crippen LogP contribution in [0.5, 0.6) is 0 Å². The molecule has 1 aromatic rings. The Kier molecular flexibility index (Phi) is 7.18. The molecule has 0 radical (unpaired) electrons. The predicted octanol–water partition coefficient (Wildman–Crippen LogP) is 3.07. The third-order valence-corrected chi connectivity index (χ3v) is 4.77. The molecule has 0 aliphatic carbocycles. The highest BCUT2D eigenvalue weighted by Crippen LogP contribution is 2.21. The van der Waals surface area contributed by atoms with Gasteiger partial charge in [-0.15, -0.1) is 0 Å². The van der Waals surface area contributed by atoms with Crippen molar-refractivity contribution >= 4 is 23.5 Å². The molecule has 1 fully saturated rings. The molecular formula is C20H28N2O4. The van der Waals surface area contributed by atoms with E-state index in [9.17, 15) is 14.4 Å². The fourth-order valence-electron chi connectivity index (χ4n) is 3.25. The monoisotopic (exact) mass is 360 g/mol. The first kappa shape index (κ1) is 19.9. The van der Waals surface area contributed by atoms with Gasteiger partial charge in [0.25, 0.3) is 0 Å². The maximum atomic E-state index is 12.7. The van der Waals surface area contributed by atoms with E-state index in [0.29, 0.717) is 31.5 Å². The van der Waals surface area contributed by atoms with Gasteiger partial charge in [0.2, 0.25) is 11.8 Å². The van der Waals surface area contributed by atoms with Crippen molar-refractivity contribution in [3.8, 4) is 0 Å². The number of carbonyl (C=O) groups is 3. The highest BCUT2D eigenvalue weighted by atomic mass is 16.4. The summed E-state index contributed by atoms with van der Waals surface area (Å²) < 4.78 is 0. The molecular weight excluding hydrogens is 332 g/mol. The number of rotatable bonds is 7. The second kappa shape index (κ2) is 9.36. The van der Waals surface area contributed by atoms with Gasteiger partial charge in [-0.2, -0.15) is 0 Å². The molecule has 2 unspecified atom stereocenters. The molecule has 2 N–H and O–H groups in total. The van der Waals surface area contributed by atoms with E-state index in [4.69, 9.17) is 5.11 Å². The van der Waals surface area contributed by atoms with Gasteiger partial charge < -0.3 is 15.3 Å². The van der Waals surface area contributed by atoms with Crippen LogP contribution in [0.25, 0.3) is 0 Å². The van der Waals surface area contributed by atoms with Gasteiger partial charge in [-0.1, -0.05) is 26.0 Å². The maximum Gasteiger partial charge on any atom is 0.306 e. The third-order valence-electron chi connectivity index (χ3n) is 4.77. The van der Waals surface area contributed by atoms with Crippen LogP contribution < -0.4 is 5.32 Å². The normalized spacial score (nSPS) is 18.2. The second-order valence-electron chi connectivity index (χ2n) is 6.98. The first-order chi connectivity index (χ1) is 12.4. The molecule has 0 saturated carbocycles. The number of aliphatic carboxylic acids is 1. The lowest BCUT2D eigenvalue weighted by atomic mass is 10.00. The maximum absolute atomic E-state index is 12.7. The highest BCUT2D eigenvalue weighted by molar-refractivity contribution is 5.97. The van der Waals surface area contributed by atoms with E-state index in [0.717, 1.165) is 24.8 Å². The van der Waals surface area contributed by atoms with Gasteiger partial charge in [0.05, 0.1) is 5.92 Å². The molecule has 6 nitrogen and oxygen atoms in total. The molecule has 1 heterocycles. The van der Waals surface area contributed by atoms with Crippen molar-refractivity contribution < 1.29 is 19.5 Å². The van der Waals surface area contributed by atoms with Crippen LogP contribution in [0.4, 0.5) is 5.69 Å². The van der Waals surface area contributed by atoms with Crippen LogP contribution in [0.3, 0.4) is 0 Å². The quantitative estimate of drug-likeness (QED) is 0.782. The van der Waals surface area contributed by atoms with Gasteiger partial charge in [-0.3, -0.25) is 14.4 Å². The van der Waals surface area contributed by atoms with Crippen LogP contribution in [-0.2, 0) is 20.8 Å². The first-order valence-electron chi connectivity index (χ1n) is 9.34. The van der Waals surface area contributed by atoms with E-state index in [1.54, 1.807) is 24.0 Å². The van der Waals surface area contributed by atoms with Crippen LogP contribution >= 0.6 is 0 Å². The third kappa shape index (κ3) is 5.31. The Morgan fingerprint density at radius 3 is 2.54 bits per heavy atom. The number of benzene rings is 1. The molecule has 2 atom stereocenters. The van der Waals surface area contributed by atoms with Gasteiger partial charge in [0.15, 0.2) is 0 Å². The molecule has 2 amide bonds. The van der Waals surface area contributed by atoms with E-state index in [1.165, 1.54) is 0 Å². The summed E-state index contributed by atoms with van der Waals surface area (Å²) in [6, 6.07) is 6.81. The van der Waals surface area contributed by atoms with Gasteiger partial charge in [-0.05, 0) is 49.8 Å². The number of carboxylic acids is 1. The Labute approximate surface area is 154 Å². The summed E-state index contributed by atoms with van der Waals surface area (Å²) in [4.78, 5) is 37.6. The molecule has 1 aliphatic rings. The van der Waals surface area contributed by atoms with Gasteiger partial charge >= 0.3 is 5.97 Å². The molecule has 1 saturated heterocycles. The van der Waals surface area contributed by atoms with E-state index < -0.39 is 17.9 Å². The summed E-state index contributed by atoms with van der Waals surface area (Å²) >= 11 is 0. The smallest absolute Gasteiger partial charge is 0.306 e. The van der Waals surface area contributed by atoms with Crippen LogP contribution in [0.1, 0.15) is 51.5 Å². The molecule has 0 bridgehead atoms. The van der Waals surface area contributed by atoms with Crippen LogP contribution in [0.2, 0.25) is 0 Å². The lowest BCUT2D eigenvalue weighted by molar-refractivity contribution is -0.141. The molecule has 2 rings (SSSR count). The number of anilines is 1. The minimum Gasteiger partial charge on any atom is -0.481 e. The second-order valence-corrected chi connectivity index (χ2v) is 6.98. The van der Waals surface area contributed by atoms with Crippen LogP contribution in [-0.4, -0.2) is 40.4 Å². The number of hydrogen-bond acceptors (Lipinski definition) is 3. The van der Waals surface area contributed by atoms with Gasteiger partial charge in [0.1, 0.15) is 6.04 Å². The minimum atomic E-state index is -0.823. The molecule has 1 aliphatic heterocycles. The molecule has 142 valence electrons. The van der Waals surface area contributed by atoms with E-state index in [2.05, 4.69) is 5.32 Å². The zero-order valence-corrected chi connectivity index (χ0v) is 15.5. The van der Waals surface area contributed by atoms with Crippen LogP contribution in [0, 0.1) is 5.92 Å². The van der Waals surface area contributed by atoms with Crippen molar-refractivity contribution in [3.63, 3.8) is 0 Å². The average Bonchev–Trinajstić information content (AvgIpc) is 2.63. The SMILES string of the molecule is CCCC(=O)N1CCCCC1C(=O)Nc1ccc(CC(C)C(=O)O)cc1. The van der Waals surface area contributed by atoms with Gasteiger partial charge in [-0.25, -0.2) is 0 Å². The Bertz CT molecular complexity index is 642. The first-order valence-corrected chi connectivity index (χ1v) is 9.34. The lowest BCUT2D eigenvalue weighted by Crippen LogP contribution is -2.49. The zero-order chi connectivity index (χ0) is 19.1. The summed E-state index contributed by atoms with van der Waals surface area (Å²) in [7, 11) is 0. The molecule has 26 heavy (non-hydrogen) atoms. The summed E-state index contributed by atoms with van der Waals surface area (Å²) in [6.07, 6.45) is 4.27.